The smallest absolute Gasteiger partial charge is 0.0916 e. The summed E-state index contributed by atoms with van der Waals surface area (Å²) in [6.07, 6.45) is 7.81. The molecule has 0 spiro atoms. The standard InChI is InChI=1S/C20H36O4/c1-15(2)7-9-18(22)16(3)6-5-12-20(4)19(23)10-8-17(11-13-21)14-24-20/h7,11,16,18-19,21-23H,5-6,8-10,12-14H2,1-4H3/t16?,18?,19-,20+/m1/s1. The Hall–Kier alpha value is -0.680. The minimum atomic E-state index is -0.546. The van der Waals surface area contributed by atoms with Crippen molar-refractivity contribution in [3.8, 4) is 0 Å². The van der Waals surface area contributed by atoms with Gasteiger partial charge in [-0.3, -0.25) is 0 Å². The third-order valence-electron chi connectivity index (χ3n) is 5.17. The summed E-state index contributed by atoms with van der Waals surface area (Å²) in [6, 6.07) is 0. The van der Waals surface area contributed by atoms with Crippen LogP contribution >= 0.6 is 0 Å². The van der Waals surface area contributed by atoms with Gasteiger partial charge in [0.2, 0.25) is 0 Å². The van der Waals surface area contributed by atoms with Crippen LogP contribution in [0.1, 0.15) is 66.2 Å². The molecule has 3 N–H and O–H groups in total. The lowest BCUT2D eigenvalue weighted by Gasteiger charge is -2.33. The van der Waals surface area contributed by atoms with Gasteiger partial charge in [-0.25, -0.2) is 0 Å². The van der Waals surface area contributed by atoms with Gasteiger partial charge in [0, 0.05) is 0 Å². The number of rotatable bonds is 8. The van der Waals surface area contributed by atoms with E-state index < -0.39 is 11.7 Å². The lowest BCUT2D eigenvalue weighted by Crippen LogP contribution is -2.41. The summed E-state index contributed by atoms with van der Waals surface area (Å²) >= 11 is 0. The molecule has 1 aliphatic rings. The summed E-state index contributed by atoms with van der Waals surface area (Å²) in [5.74, 6) is 0.233. The van der Waals surface area contributed by atoms with E-state index in [1.54, 1.807) is 6.08 Å². The Morgan fingerprint density at radius 3 is 2.75 bits per heavy atom. The van der Waals surface area contributed by atoms with Crippen molar-refractivity contribution in [2.75, 3.05) is 13.2 Å². The zero-order valence-electron chi connectivity index (χ0n) is 15.8. The summed E-state index contributed by atoms with van der Waals surface area (Å²) in [5, 5.41) is 29.7. The molecule has 24 heavy (non-hydrogen) atoms. The highest BCUT2D eigenvalue weighted by molar-refractivity contribution is 5.06. The van der Waals surface area contributed by atoms with Crippen LogP contribution in [0.3, 0.4) is 0 Å². The van der Waals surface area contributed by atoms with Crippen LogP contribution in [0, 0.1) is 5.92 Å². The molecule has 0 bridgehead atoms. The van der Waals surface area contributed by atoms with Crippen molar-refractivity contribution in [2.45, 2.75) is 84.0 Å². The third kappa shape index (κ3) is 7.06. The number of hydrogen-bond acceptors (Lipinski definition) is 4. The van der Waals surface area contributed by atoms with Crippen molar-refractivity contribution in [3.63, 3.8) is 0 Å². The molecule has 140 valence electrons. The first-order chi connectivity index (χ1) is 11.3. The molecule has 1 aliphatic heterocycles. The first kappa shape index (κ1) is 21.4. The van der Waals surface area contributed by atoms with E-state index in [0.717, 1.165) is 31.3 Å². The van der Waals surface area contributed by atoms with Gasteiger partial charge < -0.3 is 20.1 Å². The summed E-state index contributed by atoms with van der Waals surface area (Å²) in [6.45, 7) is 8.65. The Morgan fingerprint density at radius 1 is 1.42 bits per heavy atom. The second-order valence-corrected chi connectivity index (χ2v) is 7.65. The van der Waals surface area contributed by atoms with Crippen LogP contribution in [0.5, 0.6) is 0 Å². The van der Waals surface area contributed by atoms with Crippen LogP contribution in [0.4, 0.5) is 0 Å². The molecular weight excluding hydrogens is 304 g/mol. The van der Waals surface area contributed by atoms with E-state index in [4.69, 9.17) is 9.84 Å². The monoisotopic (exact) mass is 340 g/mol. The normalized spacial score (nSPS) is 29.1. The lowest BCUT2D eigenvalue weighted by atomic mass is 9.87. The maximum absolute atomic E-state index is 10.4. The number of aliphatic hydroxyl groups is 3. The van der Waals surface area contributed by atoms with Crippen LogP contribution in [-0.4, -0.2) is 46.3 Å². The number of aliphatic hydroxyl groups excluding tert-OH is 3. The Balaban J connectivity index is 2.47. The van der Waals surface area contributed by atoms with Crippen molar-refractivity contribution < 1.29 is 20.1 Å². The Labute approximate surface area is 147 Å². The predicted molar refractivity (Wildman–Crippen MR) is 97.8 cm³/mol. The molecule has 2 unspecified atom stereocenters. The molecular formula is C20H36O4. The van der Waals surface area contributed by atoms with Gasteiger partial charge in [-0.15, -0.1) is 0 Å². The van der Waals surface area contributed by atoms with Crippen molar-refractivity contribution >= 4 is 0 Å². The van der Waals surface area contributed by atoms with E-state index >= 15 is 0 Å². The quantitative estimate of drug-likeness (QED) is 0.593. The zero-order valence-corrected chi connectivity index (χ0v) is 15.8. The van der Waals surface area contributed by atoms with E-state index in [2.05, 4.69) is 13.0 Å². The predicted octanol–water partition coefficient (Wildman–Crippen LogP) is 3.36. The second kappa shape index (κ2) is 10.3. The van der Waals surface area contributed by atoms with E-state index in [1.807, 2.05) is 20.8 Å². The Bertz CT molecular complexity index is 425. The summed E-state index contributed by atoms with van der Waals surface area (Å²) in [5.41, 5.74) is 1.75. The molecule has 0 aliphatic carbocycles. The zero-order chi connectivity index (χ0) is 18.2. The average molecular weight is 341 g/mol. The maximum Gasteiger partial charge on any atom is 0.0916 e. The fourth-order valence-corrected chi connectivity index (χ4v) is 3.14. The van der Waals surface area contributed by atoms with Crippen molar-refractivity contribution in [1.82, 2.24) is 0 Å². The van der Waals surface area contributed by atoms with Crippen molar-refractivity contribution in [1.29, 1.82) is 0 Å². The molecule has 1 heterocycles. The molecule has 0 aromatic carbocycles. The van der Waals surface area contributed by atoms with Gasteiger partial charge >= 0.3 is 0 Å². The summed E-state index contributed by atoms with van der Waals surface area (Å²) in [7, 11) is 0. The Kier molecular flexibility index (Phi) is 9.21. The molecule has 0 aromatic heterocycles. The minimum absolute atomic E-state index is 0.0204. The highest BCUT2D eigenvalue weighted by Gasteiger charge is 2.36. The molecule has 4 heteroatoms. The fraction of sp³-hybridized carbons (Fsp3) is 0.800. The molecule has 1 saturated heterocycles. The molecule has 0 amide bonds. The number of allylic oxidation sites excluding steroid dienone is 1. The van der Waals surface area contributed by atoms with Gasteiger partial charge in [0.25, 0.3) is 0 Å². The largest absolute Gasteiger partial charge is 0.393 e. The SMILES string of the molecule is CC(C)=CCC(O)C(C)CCC[C@]1(C)OCC(=CCO)CC[C@H]1O. The van der Waals surface area contributed by atoms with Gasteiger partial charge in [-0.1, -0.05) is 31.1 Å². The van der Waals surface area contributed by atoms with Crippen LogP contribution < -0.4 is 0 Å². The molecule has 4 atom stereocenters. The third-order valence-corrected chi connectivity index (χ3v) is 5.17. The molecule has 4 nitrogen and oxygen atoms in total. The average Bonchev–Trinajstić information content (AvgIpc) is 2.66. The van der Waals surface area contributed by atoms with E-state index in [1.165, 1.54) is 5.57 Å². The van der Waals surface area contributed by atoms with Gasteiger partial charge in [-0.2, -0.15) is 0 Å². The van der Waals surface area contributed by atoms with Crippen LogP contribution in [0.2, 0.25) is 0 Å². The minimum Gasteiger partial charge on any atom is -0.393 e. The van der Waals surface area contributed by atoms with Crippen molar-refractivity contribution in [3.05, 3.63) is 23.3 Å². The second-order valence-electron chi connectivity index (χ2n) is 7.65. The highest BCUT2D eigenvalue weighted by atomic mass is 16.5. The Morgan fingerprint density at radius 2 is 2.12 bits per heavy atom. The van der Waals surface area contributed by atoms with Crippen LogP contribution in [-0.2, 0) is 4.74 Å². The molecule has 0 saturated carbocycles. The van der Waals surface area contributed by atoms with Gasteiger partial charge in [-0.05, 0) is 64.4 Å². The number of ether oxygens (including phenoxy) is 1. The fourth-order valence-electron chi connectivity index (χ4n) is 3.14. The first-order valence-electron chi connectivity index (χ1n) is 9.20. The molecule has 0 aromatic rings. The summed E-state index contributed by atoms with van der Waals surface area (Å²) in [4.78, 5) is 0. The van der Waals surface area contributed by atoms with Crippen LogP contribution in [0.25, 0.3) is 0 Å². The first-order valence-corrected chi connectivity index (χ1v) is 9.20. The van der Waals surface area contributed by atoms with Crippen LogP contribution in [0.15, 0.2) is 23.3 Å². The topological polar surface area (TPSA) is 69.9 Å². The summed E-state index contributed by atoms with van der Waals surface area (Å²) < 4.78 is 5.99. The van der Waals surface area contributed by atoms with Gasteiger partial charge in [0.1, 0.15) is 0 Å². The lowest BCUT2D eigenvalue weighted by molar-refractivity contribution is -0.105. The highest BCUT2D eigenvalue weighted by Crippen LogP contribution is 2.32. The molecule has 1 fully saturated rings. The van der Waals surface area contributed by atoms with Gasteiger partial charge in [0.15, 0.2) is 0 Å². The van der Waals surface area contributed by atoms with E-state index in [9.17, 15) is 10.2 Å². The molecule has 1 rings (SSSR count). The molecule has 0 radical (unpaired) electrons. The van der Waals surface area contributed by atoms with E-state index in [0.29, 0.717) is 19.4 Å². The van der Waals surface area contributed by atoms with Gasteiger partial charge in [0.05, 0.1) is 31.0 Å². The number of hydrogen-bond donors (Lipinski definition) is 3. The van der Waals surface area contributed by atoms with Crippen molar-refractivity contribution in [2.24, 2.45) is 5.92 Å². The van der Waals surface area contributed by atoms with E-state index in [-0.39, 0.29) is 18.6 Å². The maximum atomic E-state index is 10.4.